The number of unbranched alkanes of at least 4 members (excludes halogenated alkanes) is 1. The normalized spacial score (nSPS) is 10.8. The highest BCUT2D eigenvalue weighted by molar-refractivity contribution is 7.98. The number of rotatable bonds is 8. The highest BCUT2D eigenvalue weighted by Crippen LogP contribution is 2.22. The van der Waals surface area contributed by atoms with E-state index in [9.17, 15) is 0 Å². The first kappa shape index (κ1) is 14.2. The molecule has 3 N–H and O–H groups in total. The van der Waals surface area contributed by atoms with E-state index in [1.54, 1.807) is 0 Å². The SMILES string of the molecule is CCCn1nc(C)c(N)c1NCCCCSC. The number of aromatic nitrogens is 2. The molecule has 0 amide bonds. The molecule has 0 bridgehead atoms. The van der Waals surface area contributed by atoms with Crippen LogP contribution in [0.4, 0.5) is 11.5 Å². The van der Waals surface area contributed by atoms with Crippen molar-refractivity contribution in [2.75, 3.05) is 29.6 Å². The second-order valence-electron chi connectivity index (χ2n) is 4.20. The fourth-order valence-electron chi connectivity index (χ4n) is 1.73. The molecule has 0 aromatic carbocycles. The van der Waals surface area contributed by atoms with Crippen molar-refractivity contribution in [3.8, 4) is 0 Å². The monoisotopic (exact) mass is 256 g/mol. The van der Waals surface area contributed by atoms with Gasteiger partial charge in [0.25, 0.3) is 0 Å². The van der Waals surface area contributed by atoms with Gasteiger partial charge in [0.15, 0.2) is 0 Å². The van der Waals surface area contributed by atoms with E-state index in [1.807, 2.05) is 23.4 Å². The van der Waals surface area contributed by atoms with Gasteiger partial charge in [0.1, 0.15) is 5.82 Å². The van der Waals surface area contributed by atoms with Crippen molar-refractivity contribution in [1.29, 1.82) is 0 Å². The highest BCUT2D eigenvalue weighted by Gasteiger charge is 2.10. The lowest BCUT2D eigenvalue weighted by molar-refractivity contribution is 0.602. The van der Waals surface area contributed by atoms with Crippen molar-refractivity contribution < 1.29 is 0 Å². The summed E-state index contributed by atoms with van der Waals surface area (Å²) in [6, 6.07) is 0. The van der Waals surface area contributed by atoms with Gasteiger partial charge < -0.3 is 11.1 Å². The Bertz CT molecular complexity index is 335. The molecule has 5 heteroatoms. The lowest BCUT2D eigenvalue weighted by Crippen LogP contribution is -2.10. The Balaban J connectivity index is 2.50. The number of hydrogen-bond donors (Lipinski definition) is 2. The number of nitrogens with zero attached hydrogens (tertiary/aromatic N) is 2. The summed E-state index contributed by atoms with van der Waals surface area (Å²) in [5.41, 5.74) is 7.74. The van der Waals surface area contributed by atoms with Crippen LogP contribution in [0, 0.1) is 6.92 Å². The van der Waals surface area contributed by atoms with Crippen molar-refractivity contribution >= 4 is 23.3 Å². The quantitative estimate of drug-likeness (QED) is 0.702. The molecule has 0 saturated heterocycles. The first-order valence-corrected chi connectivity index (χ1v) is 7.65. The molecule has 0 fully saturated rings. The smallest absolute Gasteiger partial charge is 0.148 e. The van der Waals surface area contributed by atoms with E-state index in [2.05, 4.69) is 23.6 Å². The maximum absolute atomic E-state index is 6.02. The zero-order valence-electron chi connectivity index (χ0n) is 11.1. The number of nitrogens with two attached hydrogens (primary N) is 1. The first-order chi connectivity index (χ1) is 8.20. The van der Waals surface area contributed by atoms with Gasteiger partial charge in [-0.25, -0.2) is 4.68 Å². The fourth-order valence-corrected chi connectivity index (χ4v) is 2.23. The minimum absolute atomic E-state index is 0.795. The highest BCUT2D eigenvalue weighted by atomic mass is 32.2. The fraction of sp³-hybridized carbons (Fsp3) is 0.750. The van der Waals surface area contributed by atoms with Crippen LogP contribution in [-0.4, -0.2) is 28.3 Å². The average molecular weight is 256 g/mol. The van der Waals surface area contributed by atoms with E-state index < -0.39 is 0 Å². The Hall–Kier alpha value is -0.840. The molecule has 0 aliphatic carbocycles. The van der Waals surface area contributed by atoms with Crippen LogP contribution < -0.4 is 11.1 Å². The number of anilines is 2. The molecule has 0 radical (unpaired) electrons. The summed E-state index contributed by atoms with van der Waals surface area (Å²) in [6.45, 7) is 6.00. The van der Waals surface area contributed by atoms with Gasteiger partial charge in [-0.1, -0.05) is 6.92 Å². The molecule has 0 aliphatic heterocycles. The molecule has 17 heavy (non-hydrogen) atoms. The minimum Gasteiger partial charge on any atom is -0.394 e. The Morgan fingerprint density at radius 2 is 2.18 bits per heavy atom. The lowest BCUT2D eigenvalue weighted by Gasteiger charge is -2.09. The third-order valence-electron chi connectivity index (χ3n) is 2.68. The van der Waals surface area contributed by atoms with Crippen LogP contribution in [0.5, 0.6) is 0 Å². The molecule has 0 aliphatic rings. The Morgan fingerprint density at radius 1 is 1.41 bits per heavy atom. The summed E-state index contributed by atoms with van der Waals surface area (Å²) in [7, 11) is 0. The van der Waals surface area contributed by atoms with Gasteiger partial charge in [0.05, 0.1) is 11.4 Å². The number of hydrogen-bond acceptors (Lipinski definition) is 4. The second-order valence-corrected chi connectivity index (χ2v) is 5.18. The van der Waals surface area contributed by atoms with E-state index in [4.69, 9.17) is 5.73 Å². The van der Waals surface area contributed by atoms with E-state index in [-0.39, 0.29) is 0 Å². The molecule has 1 heterocycles. The Labute approximate surface area is 108 Å². The topological polar surface area (TPSA) is 55.9 Å². The third-order valence-corrected chi connectivity index (χ3v) is 3.37. The average Bonchev–Trinajstić information content (AvgIpc) is 2.57. The molecule has 1 aromatic heterocycles. The van der Waals surface area contributed by atoms with E-state index >= 15 is 0 Å². The summed E-state index contributed by atoms with van der Waals surface area (Å²) < 4.78 is 1.99. The summed E-state index contributed by atoms with van der Waals surface area (Å²) >= 11 is 1.90. The lowest BCUT2D eigenvalue weighted by atomic mass is 10.3. The number of thioether (sulfide) groups is 1. The van der Waals surface area contributed by atoms with Crippen LogP contribution in [-0.2, 0) is 6.54 Å². The predicted molar refractivity (Wildman–Crippen MR) is 77.8 cm³/mol. The van der Waals surface area contributed by atoms with Crippen LogP contribution in [0.1, 0.15) is 31.9 Å². The molecule has 0 atom stereocenters. The maximum Gasteiger partial charge on any atom is 0.148 e. The largest absolute Gasteiger partial charge is 0.394 e. The zero-order valence-corrected chi connectivity index (χ0v) is 11.9. The zero-order chi connectivity index (χ0) is 12.7. The van der Waals surface area contributed by atoms with Crippen molar-refractivity contribution in [2.45, 2.75) is 39.7 Å². The van der Waals surface area contributed by atoms with Gasteiger partial charge in [-0.15, -0.1) is 0 Å². The molecule has 0 unspecified atom stereocenters. The molecule has 4 nitrogen and oxygen atoms in total. The van der Waals surface area contributed by atoms with Crippen molar-refractivity contribution in [3.05, 3.63) is 5.69 Å². The predicted octanol–water partition coefficient (Wildman–Crippen LogP) is 2.74. The van der Waals surface area contributed by atoms with Gasteiger partial charge in [-0.2, -0.15) is 16.9 Å². The summed E-state index contributed by atoms with van der Waals surface area (Å²) in [6.07, 6.45) is 5.64. The number of nitrogens with one attached hydrogen (secondary N) is 1. The van der Waals surface area contributed by atoms with Crippen molar-refractivity contribution in [1.82, 2.24) is 9.78 Å². The molecule has 0 saturated carbocycles. The van der Waals surface area contributed by atoms with Crippen LogP contribution in [0.2, 0.25) is 0 Å². The molecule has 1 aromatic rings. The summed E-state index contributed by atoms with van der Waals surface area (Å²) in [4.78, 5) is 0. The Morgan fingerprint density at radius 3 is 2.82 bits per heavy atom. The third kappa shape index (κ3) is 4.15. The van der Waals surface area contributed by atoms with Crippen LogP contribution in [0.25, 0.3) is 0 Å². The second kappa shape index (κ2) is 7.48. The van der Waals surface area contributed by atoms with Gasteiger partial charge in [-0.05, 0) is 38.2 Å². The molecular weight excluding hydrogens is 232 g/mol. The van der Waals surface area contributed by atoms with Gasteiger partial charge in [0, 0.05) is 13.1 Å². The molecular formula is C12H24N4S. The molecule has 1 rings (SSSR count). The summed E-state index contributed by atoms with van der Waals surface area (Å²) in [5, 5.41) is 7.85. The first-order valence-electron chi connectivity index (χ1n) is 6.26. The van der Waals surface area contributed by atoms with Gasteiger partial charge >= 0.3 is 0 Å². The number of aryl methyl sites for hydroxylation is 2. The van der Waals surface area contributed by atoms with E-state index in [1.165, 1.54) is 18.6 Å². The molecule has 98 valence electrons. The molecule has 0 spiro atoms. The van der Waals surface area contributed by atoms with Crippen LogP contribution in [0.15, 0.2) is 0 Å². The minimum atomic E-state index is 0.795. The van der Waals surface area contributed by atoms with Crippen molar-refractivity contribution in [3.63, 3.8) is 0 Å². The Kier molecular flexibility index (Phi) is 6.26. The van der Waals surface area contributed by atoms with Gasteiger partial charge in [0.2, 0.25) is 0 Å². The van der Waals surface area contributed by atoms with Crippen molar-refractivity contribution in [2.24, 2.45) is 0 Å². The maximum atomic E-state index is 6.02. The van der Waals surface area contributed by atoms with E-state index in [0.717, 1.165) is 36.7 Å². The van der Waals surface area contributed by atoms with Crippen LogP contribution >= 0.6 is 11.8 Å². The standard InChI is InChI=1S/C12H24N4S/c1-4-8-16-12(11(13)10(2)15-16)14-7-5-6-9-17-3/h14H,4-9,13H2,1-3H3. The van der Waals surface area contributed by atoms with Crippen LogP contribution in [0.3, 0.4) is 0 Å². The summed E-state index contributed by atoms with van der Waals surface area (Å²) in [5.74, 6) is 2.22. The van der Waals surface area contributed by atoms with E-state index in [0.29, 0.717) is 0 Å². The number of nitrogen functional groups attached to an aromatic ring is 1. The van der Waals surface area contributed by atoms with Gasteiger partial charge in [-0.3, -0.25) is 0 Å².